The third kappa shape index (κ3) is 5.04. The summed E-state index contributed by atoms with van der Waals surface area (Å²) in [6.07, 6.45) is 0. The highest BCUT2D eigenvalue weighted by atomic mass is 35.5. The molecular formula is C13H21ClN2O2. The zero-order chi connectivity index (χ0) is 12.8. The smallest absolute Gasteiger partial charge is 0.237 e. The molecule has 18 heavy (non-hydrogen) atoms. The van der Waals surface area contributed by atoms with Crippen LogP contribution in [0, 0.1) is 5.92 Å². The number of halogens is 1. The molecule has 1 rings (SSSR count). The van der Waals surface area contributed by atoms with Crippen LogP contribution >= 0.6 is 12.4 Å². The molecular weight excluding hydrogens is 252 g/mol. The highest BCUT2D eigenvalue weighted by molar-refractivity contribution is 5.85. The highest BCUT2D eigenvalue weighted by Gasteiger charge is 2.16. The first-order chi connectivity index (χ1) is 8.04. The average molecular weight is 273 g/mol. The summed E-state index contributed by atoms with van der Waals surface area (Å²) in [6.45, 7) is 4.27. The zero-order valence-corrected chi connectivity index (χ0v) is 11.5. The lowest BCUT2D eigenvalue weighted by Gasteiger charge is -2.15. The van der Waals surface area contributed by atoms with E-state index in [4.69, 9.17) is 10.8 Å². The average Bonchev–Trinajstić information content (AvgIpc) is 2.35. The van der Waals surface area contributed by atoms with Gasteiger partial charge in [-0.15, -0.1) is 12.4 Å². The van der Waals surface area contributed by atoms with Gasteiger partial charge in [0.05, 0.1) is 12.6 Å². The summed E-state index contributed by atoms with van der Waals surface area (Å²) < 4.78 is 0. The number of aliphatic hydroxyl groups is 1. The third-order valence-electron chi connectivity index (χ3n) is 2.66. The van der Waals surface area contributed by atoms with Crippen molar-refractivity contribution in [2.75, 3.05) is 0 Å². The summed E-state index contributed by atoms with van der Waals surface area (Å²) in [4.78, 5) is 11.6. The Morgan fingerprint density at radius 1 is 1.39 bits per heavy atom. The lowest BCUT2D eigenvalue weighted by Crippen LogP contribution is -2.43. The maximum atomic E-state index is 11.6. The molecule has 0 fully saturated rings. The van der Waals surface area contributed by atoms with Gasteiger partial charge in [-0.2, -0.15) is 0 Å². The molecule has 4 N–H and O–H groups in total. The first-order valence-electron chi connectivity index (χ1n) is 5.76. The van der Waals surface area contributed by atoms with Gasteiger partial charge in [-0.05, 0) is 17.0 Å². The van der Waals surface area contributed by atoms with Crippen LogP contribution in [0.3, 0.4) is 0 Å². The molecule has 1 aromatic rings. The van der Waals surface area contributed by atoms with Crippen LogP contribution in [0.4, 0.5) is 0 Å². The van der Waals surface area contributed by atoms with Gasteiger partial charge in [0.2, 0.25) is 5.91 Å². The maximum absolute atomic E-state index is 11.6. The van der Waals surface area contributed by atoms with Gasteiger partial charge in [0.25, 0.3) is 0 Å². The van der Waals surface area contributed by atoms with E-state index in [1.165, 1.54) is 0 Å². The molecule has 0 aromatic heterocycles. The van der Waals surface area contributed by atoms with Crippen molar-refractivity contribution in [2.24, 2.45) is 11.7 Å². The van der Waals surface area contributed by atoms with Crippen LogP contribution in [0.5, 0.6) is 0 Å². The normalized spacial score (nSPS) is 11.8. The Labute approximate surface area is 114 Å². The number of hydrogen-bond donors (Lipinski definition) is 3. The van der Waals surface area contributed by atoms with Crippen LogP contribution in [0.1, 0.15) is 25.0 Å². The molecule has 0 aliphatic heterocycles. The Bertz CT molecular complexity index is 383. The van der Waals surface area contributed by atoms with Crippen molar-refractivity contribution in [3.05, 3.63) is 35.4 Å². The van der Waals surface area contributed by atoms with Crippen molar-refractivity contribution in [1.82, 2.24) is 5.32 Å². The van der Waals surface area contributed by atoms with Crippen LogP contribution in [0.25, 0.3) is 0 Å². The highest BCUT2D eigenvalue weighted by Crippen LogP contribution is 2.05. The Balaban J connectivity index is 0.00000289. The summed E-state index contributed by atoms with van der Waals surface area (Å²) in [5.74, 6) is -0.0202. The summed E-state index contributed by atoms with van der Waals surface area (Å²) in [7, 11) is 0. The molecule has 0 saturated heterocycles. The number of benzene rings is 1. The van der Waals surface area contributed by atoms with Crippen molar-refractivity contribution in [3.63, 3.8) is 0 Å². The van der Waals surface area contributed by atoms with Crippen LogP contribution in [-0.2, 0) is 17.9 Å². The third-order valence-corrected chi connectivity index (χ3v) is 2.66. The summed E-state index contributed by atoms with van der Waals surface area (Å²) in [6, 6.07) is 6.98. The number of aliphatic hydroxyl groups excluding tert-OH is 1. The lowest BCUT2D eigenvalue weighted by atomic mass is 10.0. The van der Waals surface area contributed by atoms with Crippen LogP contribution < -0.4 is 11.1 Å². The summed E-state index contributed by atoms with van der Waals surface area (Å²) in [5, 5.41) is 11.8. The molecule has 4 nitrogen and oxygen atoms in total. The number of amides is 1. The van der Waals surface area contributed by atoms with Crippen molar-refractivity contribution < 1.29 is 9.90 Å². The van der Waals surface area contributed by atoms with Crippen LogP contribution in [0.2, 0.25) is 0 Å². The summed E-state index contributed by atoms with van der Waals surface area (Å²) >= 11 is 0. The second-order valence-corrected chi connectivity index (χ2v) is 4.47. The zero-order valence-electron chi connectivity index (χ0n) is 10.7. The molecule has 0 saturated carbocycles. The quantitative estimate of drug-likeness (QED) is 0.754. The Hall–Kier alpha value is -1.10. The maximum Gasteiger partial charge on any atom is 0.237 e. The monoisotopic (exact) mass is 272 g/mol. The standard InChI is InChI=1S/C13H20N2O2.ClH/c1-9(2)12(14)13(17)15-7-10-4-3-5-11(6-10)8-16;/h3-6,9,12,16H,7-8,14H2,1-2H3,(H,15,17);1H. The Morgan fingerprint density at radius 3 is 2.56 bits per heavy atom. The van der Waals surface area contributed by atoms with E-state index in [0.29, 0.717) is 6.54 Å². The molecule has 0 radical (unpaired) electrons. The fraction of sp³-hybridized carbons (Fsp3) is 0.462. The van der Waals surface area contributed by atoms with Gasteiger partial charge in [0.15, 0.2) is 0 Å². The molecule has 0 aliphatic rings. The predicted molar refractivity (Wildman–Crippen MR) is 74.3 cm³/mol. The molecule has 0 heterocycles. The minimum Gasteiger partial charge on any atom is -0.392 e. The van der Waals surface area contributed by atoms with Crippen molar-refractivity contribution in [3.8, 4) is 0 Å². The van der Waals surface area contributed by atoms with E-state index < -0.39 is 6.04 Å². The number of nitrogens with one attached hydrogen (secondary N) is 1. The first kappa shape index (κ1) is 16.9. The van der Waals surface area contributed by atoms with E-state index >= 15 is 0 Å². The minimum atomic E-state index is -0.476. The van der Waals surface area contributed by atoms with Crippen LogP contribution in [-0.4, -0.2) is 17.1 Å². The van der Waals surface area contributed by atoms with Gasteiger partial charge >= 0.3 is 0 Å². The van der Waals surface area contributed by atoms with Gasteiger partial charge in [0.1, 0.15) is 0 Å². The number of nitrogens with two attached hydrogens (primary N) is 1. The van der Waals surface area contributed by atoms with E-state index in [9.17, 15) is 4.79 Å². The number of carbonyl (C=O) groups excluding carboxylic acids is 1. The Kier molecular flexibility index (Phi) is 7.59. The Morgan fingerprint density at radius 2 is 2.00 bits per heavy atom. The molecule has 102 valence electrons. The number of hydrogen-bond acceptors (Lipinski definition) is 3. The molecule has 1 aromatic carbocycles. The molecule has 0 bridgehead atoms. The molecule has 0 spiro atoms. The molecule has 1 unspecified atom stereocenters. The van der Waals surface area contributed by atoms with E-state index in [1.54, 1.807) is 0 Å². The first-order valence-corrected chi connectivity index (χ1v) is 5.76. The van der Waals surface area contributed by atoms with E-state index in [2.05, 4.69) is 5.32 Å². The second-order valence-electron chi connectivity index (χ2n) is 4.47. The largest absolute Gasteiger partial charge is 0.392 e. The predicted octanol–water partition coefficient (Wildman–Crippen LogP) is 1.20. The molecule has 5 heteroatoms. The van der Waals surface area contributed by atoms with Gasteiger partial charge in [0, 0.05) is 6.54 Å². The minimum absolute atomic E-state index is 0. The molecule has 0 aliphatic carbocycles. The van der Waals surface area contributed by atoms with Gasteiger partial charge in [-0.3, -0.25) is 4.79 Å². The van der Waals surface area contributed by atoms with E-state index in [-0.39, 0.29) is 30.8 Å². The van der Waals surface area contributed by atoms with Crippen molar-refractivity contribution in [2.45, 2.75) is 33.0 Å². The lowest BCUT2D eigenvalue weighted by molar-refractivity contribution is -0.123. The van der Waals surface area contributed by atoms with Crippen LogP contribution in [0.15, 0.2) is 24.3 Å². The second kappa shape index (κ2) is 8.08. The molecule has 1 atom stereocenters. The van der Waals surface area contributed by atoms with Gasteiger partial charge in [-0.25, -0.2) is 0 Å². The van der Waals surface area contributed by atoms with E-state index in [1.807, 2.05) is 38.1 Å². The van der Waals surface area contributed by atoms with E-state index in [0.717, 1.165) is 11.1 Å². The number of carbonyl (C=O) groups is 1. The molecule has 1 amide bonds. The SMILES string of the molecule is CC(C)C(N)C(=O)NCc1cccc(CO)c1.Cl. The summed E-state index contributed by atoms with van der Waals surface area (Å²) in [5.41, 5.74) is 7.53. The van der Waals surface area contributed by atoms with Crippen molar-refractivity contribution in [1.29, 1.82) is 0 Å². The van der Waals surface area contributed by atoms with Crippen molar-refractivity contribution >= 4 is 18.3 Å². The van der Waals surface area contributed by atoms with Gasteiger partial charge in [-0.1, -0.05) is 38.1 Å². The number of rotatable bonds is 5. The topological polar surface area (TPSA) is 75.4 Å². The fourth-order valence-corrected chi connectivity index (χ4v) is 1.45. The fourth-order valence-electron chi connectivity index (χ4n) is 1.45. The van der Waals surface area contributed by atoms with Gasteiger partial charge < -0.3 is 16.2 Å².